The van der Waals surface area contributed by atoms with Crippen LogP contribution in [0.25, 0.3) is 0 Å². The number of rotatable bonds is 6. The fraction of sp³-hybridized carbons (Fsp3) is 0.176. The number of nitrogens with two attached hydrogens (primary N) is 1. The van der Waals surface area contributed by atoms with E-state index in [4.69, 9.17) is 10.5 Å². The highest BCUT2D eigenvalue weighted by Crippen LogP contribution is 2.26. The SMILES string of the molecule is CCc1ccc(OCC(=O)Nc2cccc(C(N)=O)c2)c(Br)c1. The van der Waals surface area contributed by atoms with Crippen molar-refractivity contribution < 1.29 is 14.3 Å². The highest BCUT2D eigenvalue weighted by atomic mass is 79.9. The standard InChI is InChI=1S/C17H17BrN2O3/c1-2-11-6-7-15(14(18)8-11)23-10-16(21)20-13-5-3-4-12(9-13)17(19)22/h3-9H,2,10H2,1H3,(H2,19,22)(H,20,21). The fourth-order valence-electron chi connectivity index (χ4n) is 1.97. The molecule has 0 radical (unpaired) electrons. The number of primary amides is 1. The number of carbonyl (C=O) groups excluding carboxylic acids is 2. The van der Waals surface area contributed by atoms with Crippen molar-refractivity contribution in [1.82, 2.24) is 0 Å². The molecule has 5 nitrogen and oxygen atoms in total. The summed E-state index contributed by atoms with van der Waals surface area (Å²) >= 11 is 3.42. The van der Waals surface area contributed by atoms with Crippen molar-refractivity contribution in [2.24, 2.45) is 5.73 Å². The molecular formula is C17H17BrN2O3. The average molecular weight is 377 g/mol. The topological polar surface area (TPSA) is 81.4 Å². The molecule has 2 rings (SSSR count). The van der Waals surface area contributed by atoms with E-state index >= 15 is 0 Å². The maximum atomic E-state index is 11.9. The number of hydrogen-bond donors (Lipinski definition) is 2. The van der Waals surface area contributed by atoms with E-state index in [1.165, 1.54) is 11.6 Å². The second-order valence-electron chi connectivity index (χ2n) is 4.90. The molecule has 0 aliphatic carbocycles. The monoisotopic (exact) mass is 376 g/mol. The first-order valence-corrected chi connectivity index (χ1v) is 7.90. The molecule has 2 amide bonds. The summed E-state index contributed by atoms with van der Waals surface area (Å²) in [5.74, 6) is -0.265. The first kappa shape index (κ1) is 17.0. The lowest BCUT2D eigenvalue weighted by molar-refractivity contribution is -0.118. The molecule has 0 aliphatic heterocycles. The summed E-state index contributed by atoms with van der Waals surface area (Å²) in [4.78, 5) is 23.1. The number of halogens is 1. The van der Waals surface area contributed by atoms with E-state index in [0.29, 0.717) is 17.0 Å². The normalized spacial score (nSPS) is 10.2. The molecule has 2 aromatic carbocycles. The number of carbonyl (C=O) groups is 2. The van der Waals surface area contributed by atoms with Crippen molar-refractivity contribution in [2.45, 2.75) is 13.3 Å². The third-order valence-corrected chi connectivity index (χ3v) is 3.81. The summed E-state index contributed by atoms with van der Waals surface area (Å²) in [7, 11) is 0. The van der Waals surface area contributed by atoms with Gasteiger partial charge in [0, 0.05) is 11.3 Å². The van der Waals surface area contributed by atoms with E-state index in [0.717, 1.165) is 10.9 Å². The van der Waals surface area contributed by atoms with Gasteiger partial charge in [0.1, 0.15) is 5.75 Å². The van der Waals surface area contributed by atoms with Crippen LogP contribution in [0.4, 0.5) is 5.69 Å². The Kier molecular flexibility index (Phi) is 5.76. The summed E-state index contributed by atoms with van der Waals surface area (Å²) in [6, 6.07) is 12.2. The van der Waals surface area contributed by atoms with Crippen molar-refractivity contribution in [3.63, 3.8) is 0 Å². The van der Waals surface area contributed by atoms with Crippen LogP contribution in [0.3, 0.4) is 0 Å². The maximum Gasteiger partial charge on any atom is 0.262 e. The second kappa shape index (κ2) is 7.78. The van der Waals surface area contributed by atoms with Crippen LogP contribution in [-0.4, -0.2) is 18.4 Å². The maximum absolute atomic E-state index is 11.9. The van der Waals surface area contributed by atoms with Gasteiger partial charge in [0.25, 0.3) is 5.91 Å². The van der Waals surface area contributed by atoms with E-state index in [-0.39, 0.29) is 12.5 Å². The van der Waals surface area contributed by atoms with Gasteiger partial charge in [-0.3, -0.25) is 9.59 Å². The second-order valence-corrected chi connectivity index (χ2v) is 5.75. The summed E-state index contributed by atoms with van der Waals surface area (Å²) in [5.41, 5.74) is 7.22. The number of aryl methyl sites for hydroxylation is 1. The Labute approximate surface area is 143 Å². The molecule has 0 aliphatic rings. The number of hydrogen-bond acceptors (Lipinski definition) is 3. The van der Waals surface area contributed by atoms with E-state index in [9.17, 15) is 9.59 Å². The van der Waals surface area contributed by atoms with Crippen LogP contribution in [0.1, 0.15) is 22.8 Å². The summed E-state index contributed by atoms with van der Waals surface area (Å²) < 4.78 is 6.30. The molecular weight excluding hydrogens is 360 g/mol. The molecule has 0 heterocycles. The van der Waals surface area contributed by atoms with Gasteiger partial charge in [0.2, 0.25) is 5.91 Å². The molecule has 0 saturated carbocycles. The molecule has 6 heteroatoms. The van der Waals surface area contributed by atoms with Crippen LogP contribution in [-0.2, 0) is 11.2 Å². The van der Waals surface area contributed by atoms with Gasteiger partial charge in [-0.25, -0.2) is 0 Å². The smallest absolute Gasteiger partial charge is 0.262 e. The molecule has 120 valence electrons. The zero-order chi connectivity index (χ0) is 16.8. The van der Waals surface area contributed by atoms with Crippen molar-refractivity contribution in [2.75, 3.05) is 11.9 Å². The number of amides is 2. The van der Waals surface area contributed by atoms with Gasteiger partial charge >= 0.3 is 0 Å². The van der Waals surface area contributed by atoms with Crippen molar-refractivity contribution in [3.8, 4) is 5.75 Å². The van der Waals surface area contributed by atoms with Crippen LogP contribution in [0.2, 0.25) is 0 Å². The highest BCUT2D eigenvalue weighted by Gasteiger charge is 2.08. The Morgan fingerprint density at radius 1 is 1.22 bits per heavy atom. The Morgan fingerprint density at radius 3 is 2.65 bits per heavy atom. The van der Waals surface area contributed by atoms with Gasteiger partial charge in [-0.15, -0.1) is 0 Å². The van der Waals surface area contributed by atoms with E-state index in [1.54, 1.807) is 18.2 Å². The van der Waals surface area contributed by atoms with Gasteiger partial charge in [0.15, 0.2) is 6.61 Å². The molecule has 3 N–H and O–H groups in total. The van der Waals surface area contributed by atoms with Crippen molar-refractivity contribution in [1.29, 1.82) is 0 Å². The molecule has 0 bridgehead atoms. The van der Waals surface area contributed by atoms with E-state index < -0.39 is 5.91 Å². The molecule has 0 saturated heterocycles. The fourth-order valence-corrected chi connectivity index (χ4v) is 2.51. The van der Waals surface area contributed by atoms with Crippen molar-refractivity contribution in [3.05, 3.63) is 58.1 Å². The van der Waals surface area contributed by atoms with Crippen LogP contribution in [0, 0.1) is 0 Å². The van der Waals surface area contributed by atoms with Gasteiger partial charge < -0.3 is 15.8 Å². The minimum absolute atomic E-state index is 0.134. The van der Waals surface area contributed by atoms with Crippen LogP contribution in [0.5, 0.6) is 5.75 Å². The highest BCUT2D eigenvalue weighted by molar-refractivity contribution is 9.10. The average Bonchev–Trinajstić information content (AvgIpc) is 2.53. The lowest BCUT2D eigenvalue weighted by Crippen LogP contribution is -2.20. The minimum atomic E-state index is -0.544. The molecule has 0 atom stereocenters. The lowest BCUT2D eigenvalue weighted by Gasteiger charge is -2.10. The first-order chi connectivity index (χ1) is 11.0. The molecule has 2 aromatic rings. The molecule has 0 spiro atoms. The van der Waals surface area contributed by atoms with Gasteiger partial charge in [-0.2, -0.15) is 0 Å². The third kappa shape index (κ3) is 4.82. The third-order valence-electron chi connectivity index (χ3n) is 3.19. The van der Waals surface area contributed by atoms with Crippen LogP contribution >= 0.6 is 15.9 Å². The zero-order valence-electron chi connectivity index (χ0n) is 12.6. The van der Waals surface area contributed by atoms with E-state index in [2.05, 4.69) is 28.2 Å². The predicted octanol–water partition coefficient (Wildman–Crippen LogP) is 3.13. The number of nitrogens with one attached hydrogen (secondary N) is 1. The molecule has 0 unspecified atom stereocenters. The molecule has 23 heavy (non-hydrogen) atoms. The number of anilines is 1. The van der Waals surface area contributed by atoms with Gasteiger partial charge in [0.05, 0.1) is 4.47 Å². The van der Waals surface area contributed by atoms with Crippen molar-refractivity contribution >= 4 is 33.4 Å². The van der Waals surface area contributed by atoms with Gasteiger partial charge in [-0.05, 0) is 58.2 Å². The Balaban J connectivity index is 1.95. The van der Waals surface area contributed by atoms with Gasteiger partial charge in [-0.1, -0.05) is 19.1 Å². The Hall–Kier alpha value is -2.34. The quantitative estimate of drug-likeness (QED) is 0.812. The van der Waals surface area contributed by atoms with Crippen LogP contribution < -0.4 is 15.8 Å². The predicted molar refractivity (Wildman–Crippen MR) is 92.6 cm³/mol. The minimum Gasteiger partial charge on any atom is -0.483 e. The first-order valence-electron chi connectivity index (χ1n) is 7.10. The summed E-state index contributed by atoms with van der Waals surface area (Å²) in [6.45, 7) is 1.93. The largest absolute Gasteiger partial charge is 0.483 e. The lowest BCUT2D eigenvalue weighted by atomic mass is 10.2. The summed E-state index contributed by atoms with van der Waals surface area (Å²) in [5, 5.41) is 2.66. The Bertz CT molecular complexity index is 732. The summed E-state index contributed by atoms with van der Waals surface area (Å²) in [6.07, 6.45) is 0.926. The van der Waals surface area contributed by atoms with E-state index in [1.807, 2.05) is 18.2 Å². The molecule has 0 aromatic heterocycles. The number of benzene rings is 2. The molecule has 0 fully saturated rings. The van der Waals surface area contributed by atoms with Crippen LogP contribution in [0.15, 0.2) is 46.9 Å². The Morgan fingerprint density at radius 2 is 2.00 bits per heavy atom. The number of ether oxygens (including phenoxy) is 1. The zero-order valence-corrected chi connectivity index (χ0v) is 14.2.